The first kappa shape index (κ1) is 16.0. The van der Waals surface area contributed by atoms with E-state index in [9.17, 15) is 0 Å². The molecule has 0 atom stereocenters. The SMILES string of the molecule is CCc1cc(NCCSCc2ccnc(Cl)c2)n2ncnc2n1. The number of nitrogens with zero attached hydrogens (tertiary/aromatic N) is 5. The number of anilines is 1. The number of rotatable bonds is 7. The molecule has 1 N–H and O–H groups in total. The Balaban J connectivity index is 1.53. The predicted molar refractivity (Wildman–Crippen MR) is 94.1 cm³/mol. The largest absolute Gasteiger partial charge is 0.369 e. The molecule has 0 aliphatic carbocycles. The minimum Gasteiger partial charge on any atom is -0.369 e. The van der Waals surface area contributed by atoms with Crippen LogP contribution in [-0.2, 0) is 12.2 Å². The summed E-state index contributed by atoms with van der Waals surface area (Å²) in [7, 11) is 0. The van der Waals surface area contributed by atoms with Gasteiger partial charge in [0.15, 0.2) is 0 Å². The predicted octanol–water partition coefficient (Wildman–Crippen LogP) is 3.08. The standard InChI is InChI=1S/C15H17ClN6S/c1-2-12-8-14(22-15(21-12)19-10-20-22)18-5-6-23-9-11-3-4-17-13(16)7-11/h3-4,7-8,10,18H,2,5-6,9H2,1H3. The zero-order valence-corrected chi connectivity index (χ0v) is 14.3. The van der Waals surface area contributed by atoms with Crippen molar-refractivity contribution in [2.75, 3.05) is 17.6 Å². The summed E-state index contributed by atoms with van der Waals surface area (Å²) in [6, 6.07) is 5.91. The Labute approximate surface area is 143 Å². The molecule has 0 spiro atoms. The molecule has 0 amide bonds. The molecule has 3 rings (SSSR count). The maximum Gasteiger partial charge on any atom is 0.254 e. The Morgan fingerprint density at radius 2 is 2.22 bits per heavy atom. The van der Waals surface area contributed by atoms with Gasteiger partial charge in [-0.05, 0) is 24.1 Å². The molecular weight excluding hydrogens is 332 g/mol. The van der Waals surface area contributed by atoms with Crippen LogP contribution < -0.4 is 5.32 Å². The third kappa shape index (κ3) is 4.11. The van der Waals surface area contributed by atoms with Crippen molar-refractivity contribution in [3.8, 4) is 0 Å². The lowest BCUT2D eigenvalue weighted by molar-refractivity contribution is 0.907. The van der Waals surface area contributed by atoms with Crippen molar-refractivity contribution in [3.63, 3.8) is 0 Å². The van der Waals surface area contributed by atoms with E-state index in [1.807, 2.05) is 30.0 Å². The minimum atomic E-state index is 0.540. The second-order valence-electron chi connectivity index (χ2n) is 4.92. The third-order valence-electron chi connectivity index (χ3n) is 3.28. The molecule has 0 radical (unpaired) electrons. The van der Waals surface area contributed by atoms with Crippen LogP contribution in [0, 0.1) is 0 Å². The van der Waals surface area contributed by atoms with Gasteiger partial charge < -0.3 is 5.32 Å². The summed E-state index contributed by atoms with van der Waals surface area (Å²) in [4.78, 5) is 12.6. The monoisotopic (exact) mass is 348 g/mol. The van der Waals surface area contributed by atoms with Crippen LogP contribution in [0.1, 0.15) is 18.2 Å². The Bertz CT molecular complexity index is 790. The third-order valence-corrected chi connectivity index (χ3v) is 4.52. The average Bonchev–Trinajstić information content (AvgIpc) is 3.03. The number of fused-ring (bicyclic) bond motifs is 1. The van der Waals surface area contributed by atoms with Gasteiger partial charge >= 0.3 is 0 Å². The van der Waals surface area contributed by atoms with E-state index < -0.39 is 0 Å². The number of hydrogen-bond acceptors (Lipinski definition) is 6. The van der Waals surface area contributed by atoms with Crippen LogP contribution in [0.2, 0.25) is 5.15 Å². The van der Waals surface area contributed by atoms with Crippen LogP contribution in [-0.4, -0.2) is 36.9 Å². The summed E-state index contributed by atoms with van der Waals surface area (Å²) in [5, 5.41) is 8.15. The van der Waals surface area contributed by atoms with E-state index in [2.05, 4.69) is 32.3 Å². The smallest absolute Gasteiger partial charge is 0.254 e. The average molecular weight is 349 g/mol. The molecule has 0 aliphatic heterocycles. The second kappa shape index (κ2) is 7.61. The van der Waals surface area contributed by atoms with Crippen LogP contribution >= 0.6 is 23.4 Å². The van der Waals surface area contributed by atoms with Gasteiger partial charge in [0.1, 0.15) is 17.3 Å². The molecule has 0 aliphatic rings. The summed E-state index contributed by atoms with van der Waals surface area (Å²) in [6.45, 7) is 2.92. The number of thioether (sulfide) groups is 1. The highest BCUT2D eigenvalue weighted by molar-refractivity contribution is 7.98. The van der Waals surface area contributed by atoms with E-state index in [0.717, 1.165) is 36.0 Å². The Morgan fingerprint density at radius 1 is 1.30 bits per heavy atom. The lowest BCUT2D eigenvalue weighted by atomic mass is 10.3. The summed E-state index contributed by atoms with van der Waals surface area (Å²) in [5.41, 5.74) is 2.19. The normalized spacial score (nSPS) is 11.0. The zero-order valence-electron chi connectivity index (χ0n) is 12.7. The maximum atomic E-state index is 5.88. The van der Waals surface area contributed by atoms with Crippen LogP contribution in [0.15, 0.2) is 30.7 Å². The highest BCUT2D eigenvalue weighted by atomic mass is 35.5. The summed E-state index contributed by atoms with van der Waals surface area (Å²) < 4.78 is 1.73. The topological polar surface area (TPSA) is 68.0 Å². The van der Waals surface area contributed by atoms with Crippen molar-refractivity contribution in [2.45, 2.75) is 19.1 Å². The van der Waals surface area contributed by atoms with E-state index in [0.29, 0.717) is 10.9 Å². The molecule has 3 heterocycles. The van der Waals surface area contributed by atoms with Crippen molar-refractivity contribution in [2.24, 2.45) is 0 Å². The number of aryl methyl sites for hydroxylation is 1. The van der Waals surface area contributed by atoms with Crippen LogP contribution in [0.4, 0.5) is 5.82 Å². The van der Waals surface area contributed by atoms with Gasteiger partial charge in [0.25, 0.3) is 5.78 Å². The van der Waals surface area contributed by atoms with Crippen LogP contribution in [0.25, 0.3) is 5.78 Å². The number of hydrogen-bond donors (Lipinski definition) is 1. The lowest BCUT2D eigenvalue weighted by Crippen LogP contribution is -2.10. The number of aromatic nitrogens is 5. The molecule has 0 aromatic carbocycles. The van der Waals surface area contributed by atoms with E-state index in [4.69, 9.17) is 11.6 Å². The van der Waals surface area contributed by atoms with Crippen LogP contribution in [0.3, 0.4) is 0 Å². The first-order valence-corrected chi connectivity index (χ1v) is 8.91. The molecule has 0 saturated carbocycles. The van der Waals surface area contributed by atoms with Gasteiger partial charge in [-0.3, -0.25) is 0 Å². The molecule has 0 bridgehead atoms. The van der Waals surface area contributed by atoms with Gasteiger partial charge in [0.2, 0.25) is 0 Å². The molecular formula is C15H17ClN6S. The fourth-order valence-electron chi connectivity index (χ4n) is 2.14. The molecule has 0 fully saturated rings. The van der Waals surface area contributed by atoms with Crippen molar-refractivity contribution < 1.29 is 0 Å². The quantitative estimate of drug-likeness (QED) is 0.522. The summed E-state index contributed by atoms with van der Waals surface area (Å²) in [5.74, 6) is 3.45. The first-order chi connectivity index (χ1) is 11.3. The van der Waals surface area contributed by atoms with E-state index in [1.165, 1.54) is 11.9 Å². The maximum absolute atomic E-state index is 5.88. The molecule has 3 aromatic heterocycles. The molecule has 120 valence electrons. The van der Waals surface area contributed by atoms with Crippen LogP contribution in [0.5, 0.6) is 0 Å². The van der Waals surface area contributed by atoms with Gasteiger partial charge in [-0.15, -0.1) is 0 Å². The highest BCUT2D eigenvalue weighted by Crippen LogP contribution is 2.15. The number of halogens is 1. The minimum absolute atomic E-state index is 0.540. The van der Waals surface area contributed by atoms with Crippen molar-refractivity contribution in [3.05, 3.63) is 47.1 Å². The molecule has 0 unspecified atom stereocenters. The highest BCUT2D eigenvalue weighted by Gasteiger charge is 2.06. The molecule has 8 heteroatoms. The Kier molecular flexibility index (Phi) is 5.30. The molecule has 3 aromatic rings. The number of nitrogens with one attached hydrogen (secondary N) is 1. The fraction of sp³-hybridized carbons (Fsp3) is 0.333. The van der Waals surface area contributed by atoms with E-state index in [-0.39, 0.29) is 0 Å². The van der Waals surface area contributed by atoms with Gasteiger partial charge in [-0.2, -0.15) is 26.4 Å². The molecule has 0 saturated heterocycles. The van der Waals surface area contributed by atoms with Crippen molar-refractivity contribution in [1.29, 1.82) is 0 Å². The van der Waals surface area contributed by atoms with Gasteiger partial charge in [0.05, 0.1) is 0 Å². The molecule has 23 heavy (non-hydrogen) atoms. The first-order valence-electron chi connectivity index (χ1n) is 7.38. The fourth-order valence-corrected chi connectivity index (χ4v) is 3.14. The molecule has 6 nitrogen and oxygen atoms in total. The van der Waals surface area contributed by atoms with Crippen molar-refractivity contribution in [1.82, 2.24) is 24.6 Å². The van der Waals surface area contributed by atoms with Gasteiger partial charge in [-0.1, -0.05) is 18.5 Å². The number of pyridine rings is 1. The van der Waals surface area contributed by atoms with E-state index in [1.54, 1.807) is 10.7 Å². The Morgan fingerprint density at radius 3 is 3.04 bits per heavy atom. The van der Waals surface area contributed by atoms with Gasteiger partial charge in [-0.25, -0.2) is 9.97 Å². The second-order valence-corrected chi connectivity index (χ2v) is 6.42. The zero-order chi connectivity index (χ0) is 16.1. The lowest BCUT2D eigenvalue weighted by Gasteiger charge is -2.09. The summed E-state index contributed by atoms with van der Waals surface area (Å²) >= 11 is 7.73. The van der Waals surface area contributed by atoms with Crippen molar-refractivity contribution >= 4 is 35.0 Å². The van der Waals surface area contributed by atoms with Gasteiger partial charge in [0, 0.05) is 36.0 Å². The summed E-state index contributed by atoms with van der Waals surface area (Å²) in [6.07, 6.45) is 4.13. The Hall–Kier alpha value is -1.86. The van der Waals surface area contributed by atoms with E-state index >= 15 is 0 Å².